The van der Waals surface area contributed by atoms with Gasteiger partial charge in [-0.25, -0.2) is 0 Å². The molecule has 1 aliphatic rings. The van der Waals surface area contributed by atoms with Gasteiger partial charge in [-0.3, -0.25) is 14.4 Å². The number of carboxylic acids is 1. The van der Waals surface area contributed by atoms with E-state index in [4.69, 9.17) is 16.3 Å². The summed E-state index contributed by atoms with van der Waals surface area (Å²) in [7, 11) is 1.56. The Morgan fingerprint density at radius 2 is 1.85 bits per heavy atom. The molecule has 0 aliphatic carbocycles. The molecule has 0 bridgehead atoms. The molecule has 0 aromatic heterocycles. The molecule has 2 amide bonds. The summed E-state index contributed by atoms with van der Waals surface area (Å²) >= 11 is 6.50. The van der Waals surface area contributed by atoms with Crippen LogP contribution in [0.15, 0.2) is 54.6 Å². The average molecular weight is 487 g/mol. The molecule has 1 heterocycles. The zero-order valence-corrected chi connectivity index (χ0v) is 20.1. The molecule has 0 saturated carbocycles. The van der Waals surface area contributed by atoms with Crippen LogP contribution in [0.2, 0.25) is 5.02 Å². The minimum absolute atomic E-state index is 0.0696. The highest BCUT2D eigenvalue weighted by Crippen LogP contribution is 2.40. The van der Waals surface area contributed by atoms with Crippen LogP contribution in [0.1, 0.15) is 36.4 Å². The number of likely N-dealkylation sites (tertiary alicyclic amines) is 1. The first-order valence-corrected chi connectivity index (χ1v) is 11.9. The van der Waals surface area contributed by atoms with Crippen molar-refractivity contribution in [2.45, 2.75) is 31.7 Å². The third-order valence-electron chi connectivity index (χ3n) is 6.16. The van der Waals surface area contributed by atoms with Gasteiger partial charge < -0.3 is 19.6 Å². The number of aryl methyl sites for hydroxylation is 1. The SMILES string of the molecule is COCCN1C(=O)CC[C@@H](C(=O)N(CCCc2ccccc2)CC(=O)O)[C@@H]1c1ccccc1Cl. The first-order chi connectivity index (χ1) is 16.4. The van der Waals surface area contributed by atoms with Crippen molar-refractivity contribution in [3.05, 3.63) is 70.7 Å². The van der Waals surface area contributed by atoms with Gasteiger partial charge in [0.25, 0.3) is 0 Å². The summed E-state index contributed by atoms with van der Waals surface area (Å²) < 4.78 is 5.20. The molecule has 1 saturated heterocycles. The van der Waals surface area contributed by atoms with E-state index < -0.39 is 17.9 Å². The molecule has 1 N–H and O–H groups in total. The van der Waals surface area contributed by atoms with Crippen molar-refractivity contribution < 1.29 is 24.2 Å². The molecule has 2 aromatic carbocycles. The van der Waals surface area contributed by atoms with Crippen LogP contribution in [-0.4, -0.2) is 66.0 Å². The molecule has 2 aromatic rings. The van der Waals surface area contributed by atoms with Crippen molar-refractivity contribution >= 4 is 29.4 Å². The predicted molar refractivity (Wildman–Crippen MR) is 129 cm³/mol. The highest BCUT2D eigenvalue weighted by molar-refractivity contribution is 6.31. The number of aliphatic carboxylic acids is 1. The maximum atomic E-state index is 13.7. The van der Waals surface area contributed by atoms with Gasteiger partial charge in [0.15, 0.2) is 0 Å². The molecule has 2 atom stereocenters. The number of piperidine rings is 1. The van der Waals surface area contributed by atoms with Gasteiger partial charge >= 0.3 is 5.97 Å². The second kappa shape index (κ2) is 12.5. The third kappa shape index (κ3) is 6.58. The molecule has 1 fully saturated rings. The predicted octanol–water partition coefficient (Wildman–Crippen LogP) is 3.81. The average Bonchev–Trinajstić information content (AvgIpc) is 2.83. The summed E-state index contributed by atoms with van der Waals surface area (Å²) in [4.78, 5) is 41.3. The summed E-state index contributed by atoms with van der Waals surface area (Å²) in [6.07, 6.45) is 1.93. The Balaban J connectivity index is 1.86. The lowest BCUT2D eigenvalue weighted by Gasteiger charge is -2.42. The molecule has 3 rings (SSSR count). The van der Waals surface area contributed by atoms with E-state index in [1.54, 1.807) is 24.1 Å². The molecular weight excluding hydrogens is 456 g/mol. The van der Waals surface area contributed by atoms with Gasteiger partial charge in [-0.2, -0.15) is 0 Å². The molecule has 7 nitrogen and oxygen atoms in total. The van der Waals surface area contributed by atoms with E-state index in [0.29, 0.717) is 43.1 Å². The minimum atomic E-state index is -1.06. The van der Waals surface area contributed by atoms with Crippen molar-refractivity contribution in [3.63, 3.8) is 0 Å². The quantitative estimate of drug-likeness (QED) is 0.522. The molecule has 1 aliphatic heterocycles. The molecule has 0 unspecified atom stereocenters. The molecular formula is C26H31ClN2O5. The Labute approximate surface area is 205 Å². The summed E-state index contributed by atoms with van der Waals surface area (Å²) in [5.41, 5.74) is 1.82. The van der Waals surface area contributed by atoms with Crippen LogP contribution in [0.25, 0.3) is 0 Å². The minimum Gasteiger partial charge on any atom is -0.480 e. The number of rotatable bonds is 11. The fourth-order valence-corrected chi connectivity index (χ4v) is 4.80. The van der Waals surface area contributed by atoms with Crippen LogP contribution in [0, 0.1) is 5.92 Å². The summed E-state index contributed by atoms with van der Waals surface area (Å²) in [6.45, 7) is 0.578. The first kappa shape index (κ1) is 25.7. The number of hydrogen-bond donors (Lipinski definition) is 1. The molecule has 34 heavy (non-hydrogen) atoms. The van der Waals surface area contributed by atoms with Gasteiger partial charge in [-0.15, -0.1) is 0 Å². The molecule has 0 radical (unpaired) electrons. The number of carbonyl (C=O) groups excluding carboxylic acids is 2. The van der Waals surface area contributed by atoms with Crippen LogP contribution in [0.4, 0.5) is 0 Å². The van der Waals surface area contributed by atoms with Crippen LogP contribution in [0.5, 0.6) is 0 Å². The van der Waals surface area contributed by atoms with Gasteiger partial charge in [0.1, 0.15) is 6.54 Å². The number of nitrogens with zero attached hydrogens (tertiary/aromatic N) is 2. The molecule has 0 spiro atoms. The first-order valence-electron chi connectivity index (χ1n) is 11.5. The number of ether oxygens (including phenoxy) is 1. The Morgan fingerprint density at radius 3 is 2.53 bits per heavy atom. The lowest BCUT2D eigenvalue weighted by atomic mass is 9.83. The van der Waals surface area contributed by atoms with E-state index in [-0.39, 0.29) is 24.8 Å². The number of amides is 2. The summed E-state index contributed by atoms with van der Waals surface area (Å²) in [6, 6.07) is 16.5. The maximum Gasteiger partial charge on any atom is 0.323 e. The van der Waals surface area contributed by atoms with Crippen molar-refractivity contribution in [2.24, 2.45) is 5.92 Å². The maximum absolute atomic E-state index is 13.7. The standard InChI is InChI=1S/C26H31ClN2O5/c1-34-17-16-29-23(30)14-13-21(25(29)20-11-5-6-12-22(20)27)26(33)28(18-24(31)32)15-7-10-19-8-3-2-4-9-19/h2-6,8-9,11-12,21,25H,7,10,13-18H2,1H3,(H,31,32)/t21-,25+/m1/s1. The van der Waals surface area contributed by atoms with Crippen molar-refractivity contribution in [1.29, 1.82) is 0 Å². The highest BCUT2D eigenvalue weighted by atomic mass is 35.5. The van der Waals surface area contributed by atoms with Crippen molar-refractivity contribution in [2.75, 3.05) is 33.4 Å². The Kier molecular flexibility index (Phi) is 9.48. The summed E-state index contributed by atoms with van der Waals surface area (Å²) in [5.74, 6) is -1.99. The normalized spacial score (nSPS) is 18.1. The van der Waals surface area contributed by atoms with Crippen LogP contribution >= 0.6 is 11.6 Å². The van der Waals surface area contributed by atoms with E-state index in [1.165, 1.54) is 4.90 Å². The number of hydrogen-bond acceptors (Lipinski definition) is 4. The van der Waals surface area contributed by atoms with E-state index in [1.807, 2.05) is 42.5 Å². The highest BCUT2D eigenvalue weighted by Gasteiger charge is 2.42. The molecule has 182 valence electrons. The smallest absolute Gasteiger partial charge is 0.323 e. The van der Waals surface area contributed by atoms with Crippen LogP contribution in [0.3, 0.4) is 0 Å². The largest absolute Gasteiger partial charge is 0.480 e. The number of halogens is 1. The second-order valence-electron chi connectivity index (χ2n) is 8.43. The van der Waals surface area contributed by atoms with Crippen molar-refractivity contribution in [1.82, 2.24) is 9.80 Å². The third-order valence-corrected chi connectivity index (χ3v) is 6.50. The topological polar surface area (TPSA) is 87.2 Å². The van der Waals surface area contributed by atoms with Gasteiger partial charge in [0, 0.05) is 31.6 Å². The van der Waals surface area contributed by atoms with Crippen LogP contribution < -0.4 is 0 Å². The number of carboxylic acid groups (broad SMARTS) is 1. The van der Waals surface area contributed by atoms with E-state index in [9.17, 15) is 19.5 Å². The fourth-order valence-electron chi connectivity index (χ4n) is 4.55. The van der Waals surface area contributed by atoms with E-state index in [0.717, 1.165) is 12.0 Å². The molecule has 8 heteroatoms. The Morgan fingerprint density at radius 1 is 1.15 bits per heavy atom. The second-order valence-corrected chi connectivity index (χ2v) is 8.84. The number of benzene rings is 2. The zero-order valence-electron chi connectivity index (χ0n) is 19.4. The monoisotopic (exact) mass is 486 g/mol. The van der Waals surface area contributed by atoms with Crippen LogP contribution in [-0.2, 0) is 25.5 Å². The zero-order chi connectivity index (χ0) is 24.5. The van der Waals surface area contributed by atoms with E-state index in [2.05, 4.69) is 0 Å². The number of carbonyl (C=O) groups is 3. The fraction of sp³-hybridized carbons (Fsp3) is 0.423. The lowest BCUT2D eigenvalue weighted by molar-refractivity contribution is -0.153. The Hall–Kier alpha value is -2.90. The Bertz CT molecular complexity index is 984. The van der Waals surface area contributed by atoms with Gasteiger partial charge in [0.2, 0.25) is 11.8 Å². The van der Waals surface area contributed by atoms with Gasteiger partial charge in [-0.1, -0.05) is 60.1 Å². The van der Waals surface area contributed by atoms with E-state index >= 15 is 0 Å². The van der Waals surface area contributed by atoms with Gasteiger partial charge in [0.05, 0.1) is 18.6 Å². The van der Waals surface area contributed by atoms with Crippen molar-refractivity contribution in [3.8, 4) is 0 Å². The lowest BCUT2D eigenvalue weighted by Crippen LogP contribution is -2.51. The van der Waals surface area contributed by atoms with Gasteiger partial charge in [-0.05, 0) is 36.5 Å². The summed E-state index contributed by atoms with van der Waals surface area (Å²) in [5, 5.41) is 9.96. The number of methoxy groups -OCH3 is 1.